The highest BCUT2D eigenvalue weighted by molar-refractivity contribution is 8.01. The van der Waals surface area contributed by atoms with Crippen molar-refractivity contribution in [3.63, 3.8) is 0 Å². The first-order chi connectivity index (χ1) is 11.5. The van der Waals surface area contributed by atoms with E-state index < -0.39 is 5.25 Å². The van der Waals surface area contributed by atoms with Crippen LogP contribution in [0.2, 0.25) is 5.02 Å². The number of carbonyl (C=O) groups is 2. The lowest BCUT2D eigenvalue weighted by Gasteiger charge is -2.11. The van der Waals surface area contributed by atoms with Crippen LogP contribution in [0.25, 0.3) is 0 Å². The maximum absolute atomic E-state index is 12.0. The second kappa shape index (κ2) is 8.75. The number of halogens is 1. The summed E-state index contributed by atoms with van der Waals surface area (Å²) in [5.74, 6) is 0.776. The first-order valence-corrected chi connectivity index (χ1v) is 8.74. The second-order valence-corrected chi connectivity index (χ2v) is 6.87. The van der Waals surface area contributed by atoms with Gasteiger partial charge in [-0.1, -0.05) is 35.0 Å². The fraction of sp³-hybridized carbons (Fsp3) is 0.312. The van der Waals surface area contributed by atoms with Gasteiger partial charge in [0.05, 0.1) is 11.0 Å². The van der Waals surface area contributed by atoms with Crippen LogP contribution in [-0.2, 0) is 16.1 Å². The highest BCUT2D eigenvalue weighted by atomic mass is 35.5. The number of rotatable bonds is 7. The molecule has 1 aromatic carbocycles. The Morgan fingerprint density at radius 2 is 2.12 bits per heavy atom. The van der Waals surface area contributed by atoms with Crippen LogP contribution < -0.4 is 10.6 Å². The molecule has 0 unspecified atom stereocenters. The van der Waals surface area contributed by atoms with Crippen molar-refractivity contribution in [1.82, 2.24) is 10.5 Å². The zero-order valence-corrected chi connectivity index (χ0v) is 14.9. The summed E-state index contributed by atoms with van der Waals surface area (Å²) in [4.78, 5) is 23.9. The number of nitrogens with zero attached hydrogens (tertiary/aromatic N) is 1. The number of thioether (sulfide) groups is 1. The van der Waals surface area contributed by atoms with E-state index in [-0.39, 0.29) is 17.6 Å². The van der Waals surface area contributed by atoms with Crippen molar-refractivity contribution in [2.45, 2.75) is 25.6 Å². The number of anilines is 1. The topological polar surface area (TPSA) is 84.2 Å². The summed E-state index contributed by atoms with van der Waals surface area (Å²) < 4.78 is 4.88. The predicted octanol–water partition coefficient (Wildman–Crippen LogP) is 3.01. The van der Waals surface area contributed by atoms with Crippen LogP contribution in [0.4, 0.5) is 5.82 Å². The molecule has 0 bridgehead atoms. The number of aryl methyl sites for hydroxylation is 1. The van der Waals surface area contributed by atoms with Gasteiger partial charge in [-0.3, -0.25) is 9.59 Å². The van der Waals surface area contributed by atoms with Gasteiger partial charge in [-0.15, -0.1) is 11.8 Å². The molecule has 2 aromatic rings. The van der Waals surface area contributed by atoms with Gasteiger partial charge in [0.1, 0.15) is 5.76 Å². The lowest BCUT2D eigenvalue weighted by Crippen LogP contribution is -2.28. The van der Waals surface area contributed by atoms with E-state index >= 15 is 0 Å². The summed E-state index contributed by atoms with van der Waals surface area (Å²) in [5, 5.41) is 9.34. The summed E-state index contributed by atoms with van der Waals surface area (Å²) >= 11 is 7.28. The number of hydrogen-bond acceptors (Lipinski definition) is 5. The molecule has 0 aliphatic heterocycles. The predicted molar refractivity (Wildman–Crippen MR) is 95.1 cm³/mol. The lowest BCUT2D eigenvalue weighted by molar-refractivity contribution is -0.118. The molecule has 8 heteroatoms. The Kier molecular flexibility index (Phi) is 6.69. The average Bonchev–Trinajstić information content (AvgIpc) is 2.96. The van der Waals surface area contributed by atoms with E-state index in [0.717, 1.165) is 5.56 Å². The van der Waals surface area contributed by atoms with E-state index in [1.165, 1.54) is 11.8 Å². The van der Waals surface area contributed by atoms with Crippen molar-refractivity contribution < 1.29 is 14.1 Å². The van der Waals surface area contributed by atoms with Gasteiger partial charge in [-0.25, -0.2) is 0 Å². The Balaban J connectivity index is 1.72. The van der Waals surface area contributed by atoms with Gasteiger partial charge < -0.3 is 15.2 Å². The van der Waals surface area contributed by atoms with E-state index in [9.17, 15) is 9.59 Å². The highest BCUT2D eigenvalue weighted by Gasteiger charge is 2.16. The molecular formula is C16H18ClN3O3S. The van der Waals surface area contributed by atoms with E-state index in [0.29, 0.717) is 23.1 Å². The minimum Gasteiger partial charge on any atom is -0.360 e. The first-order valence-electron chi connectivity index (χ1n) is 7.31. The Bertz CT molecular complexity index is 720. The third-order valence-corrected chi connectivity index (χ3v) is 4.66. The molecule has 0 fully saturated rings. The van der Waals surface area contributed by atoms with Crippen molar-refractivity contribution in [1.29, 1.82) is 0 Å². The molecule has 0 spiro atoms. The number of benzene rings is 1. The van der Waals surface area contributed by atoms with Crippen molar-refractivity contribution in [3.05, 3.63) is 46.7 Å². The summed E-state index contributed by atoms with van der Waals surface area (Å²) in [6.45, 7) is 3.83. The van der Waals surface area contributed by atoms with Crippen LogP contribution in [0.5, 0.6) is 0 Å². The minimum absolute atomic E-state index is 0.156. The first kappa shape index (κ1) is 18.4. The zero-order valence-electron chi connectivity index (χ0n) is 13.3. The molecule has 1 atom stereocenters. The molecule has 6 nitrogen and oxygen atoms in total. The average molecular weight is 368 g/mol. The van der Waals surface area contributed by atoms with Gasteiger partial charge in [-0.2, -0.15) is 0 Å². The third-order valence-electron chi connectivity index (χ3n) is 3.15. The smallest absolute Gasteiger partial charge is 0.238 e. The van der Waals surface area contributed by atoms with Gasteiger partial charge in [0.15, 0.2) is 5.82 Å². The Morgan fingerprint density at radius 1 is 1.38 bits per heavy atom. The number of nitrogens with one attached hydrogen (secondary N) is 2. The summed E-state index contributed by atoms with van der Waals surface area (Å²) in [6.07, 6.45) is 0. The summed E-state index contributed by atoms with van der Waals surface area (Å²) in [5.41, 5.74) is 0.852. The molecule has 0 saturated carbocycles. The normalized spacial score (nSPS) is 11.8. The van der Waals surface area contributed by atoms with Crippen LogP contribution in [-0.4, -0.2) is 28.0 Å². The Hall–Kier alpha value is -1.99. The van der Waals surface area contributed by atoms with E-state index in [1.807, 2.05) is 18.2 Å². The maximum atomic E-state index is 12.0. The van der Waals surface area contributed by atoms with Gasteiger partial charge in [0.2, 0.25) is 11.8 Å². The molecule has 0 saturated heterocycles. The summed E-state index contributed by atoms with van der Waals surface area (Å²) in [6, 6.07) is 8.95. The van der Waals surface area contributed by atoms with Crippen LogP contribution in [0, 0.1) is 6.92 Å². The van der Waals surface area contributed by atoms with Crippen molar-refractivity contribution in [3.8, 4) is 0 Å². The van der Waals surface area contributed by atoms with Crippen molar-refractivity contribution >= 4 is 41.0 Å². The van der Waals surface area contributed by atoms with Gasteiger partial charge >= 0.3 is 0 Å². The molecule has 0 aliphatic rings. The number of aromatic nitrogens is 1. The molecule has 2 rings (SSSR count). The quantitative estimate of drug-likeness (QED) is 0.785. The minimum atomic E-state index is -0.395. The van der Waals surface area contributed by atoms with Gasteiger partial charge in [-0.05, 0) is 25.5 Å². The molecule has 1 heterocycles. The number of carbonyl (C=O) groups excluding carboxylic acids is 2. The van der Waals surface area contributed by atoms with Crippen molar-refractivity contribution in [2.75, 3.05) is 11.1 Å². The third kappa shape index (κ3) is 5.58. The molecular weight excluding hydrogens is 350 g/mol. The van der Waals surface area contributed by atoms with Gasteiger partial charge in [0.25, 0.3) is 0 Å². The van der Waals surface area contributed by atoms with Crippen molar-refractivity contribution in [2.24, 2.45) is 0 Å². The van der Waals surface area contributed by atoms with Gasteiger partial charge in [0, 0.05) is 17.6 Å². The fourth-order valence-electron chi connectivity index (χ4n) is 1.82. The lowest BCUT2D eigenvalue weighted by atomic mass is 10.2. The van der Waals surface area contributed by atoms with E-state index in [4.69, 9.17) is 16.1 Å². The van der Waals surface area contributed by atoms with Crippen LogP contribution in [0.3, 0.4) is 0 Å². The van der Waals surface area contributed by atoms with E-state index in [1.54, 1.807) is 26.0 Å². The van der Waals surface area contributed by atoms with Crippen LogP contribution >= 0.6 is 23.4 Å². The van der Waals surface area contributed by atoms with Crippen LogP contribution in [0.1, 0.15) is 18.2 Å². The Labute approximate surface area is 149 Å². The molecule has 0 aliphatic carbocycles. The number of amides is 2. The molecule has 1 aromatic heterocycles. The van der Waals surface area contributed by atoms with Crippen LogP contribution in [0.15, 0.2) is 34.9 Å². The Morgan fingerprint density at radius 3 is 2.79 bits per heavy atom. The number of hydrogen-bond donors (Lipinski definition) is 2. The SMILES string of the molecule is Cc1cc(NC(=O)[C@H](C)SCC(=O)NCc2ccccc2Cl)no1. The maximum Gasteiger partial charge on any atom is 0.238 e. The monoisotopic (exact) mass is 367 g/mol. The zero-order chi connectivity index (χ0) is 17.5. The van der Waals surface area contributed by atoms with E-state index in [2.05, 4.69) is 15.8 Å². The molecule has 2 N–H and O–H groups in total. The molecule has 24 heavy (non-hydrogen) atoms. The molecule has 128 valence electrons. The summed E-state index contributed by atoms with van der Waals surface area (Å²) in [7, 11) is 0. The standard InChI is InChI=1S/C16H18ClN3O3S/c1-10-7-14(20-23-10)19-16(22)11(2)24-9-15(21)18-8-12-5-3-4-6-13(12)17/h3-7,11H,8-9H2,1-2H3,(H,18,21)(H,19,20,22)/t11-/m0/s1. The molecule has 0 radical (unpaired) electrons. The fourth-order valence-corrected chi connectivity index (χ4v) is 2.73. The molecule has 2 amide bonds. The second-order valence-electron chi connectivity index (χ2n) is 5.13. The highest BCUT2D eigenvalue weighted by Crippen LogP contribution is 2.16. The largest absolute Gasteiger partial charge is 0.360 e.